The summed E-state index contributed by atoms with van der Waals surface area (Å²) in [5.74, 6) is 0.626. The van der Waals surface area contributed by atoms with Crippen LogP contribution in [0.5, 0.6) is 0 Å². The zero-order valence-electron chi connectivity index (χ0n) is 13.7. The smallest absolute Gasteiger partial charge is 0.197 e. The van der Waals surface area contributed by atoms with Crippen LogP contribution in [0, 0.1) is 0 Å². The third kappa shape index (κ3) is 3.27. The van der Waals surface area contributed by atoms with Crippen LogP contribution in [0.25, 0.3) is 0 Å². The van der Waals surface area contributed by atoms with Crippen LogP contribution in [0.15, 0.2) is 64.9 Å². The second-order valence-electron chi connectivity index (χ2n) is 5.80. The summed E-state index contributed by atoms with van der Waals surface area (Å²) in [4.78, 5) is 8.85. The molecule has 24 heavy (non-hydrogen) atoms. The van der Waals surface area contributed by atoms with E-state index in [1.165, 1.54) is 0 Å². The number of nitrogens with one attached hydrogen (secondary N) is 2. The van der Waals surface area contributed by atoms with Crippen molar-refractivity contribution in [1.29, 1.82) is 0 Å². The van der Waals surface area contributed by atoms with Gasteiger partial charge in [0, 0.05) is 16.9 Å². The number of hydrogen-bond donors (Lipinski definition) is 3. The molecule has 1 unspecified atom stereocenters. The molecule has 6 heteroatoms. The van der Waals surface area contributed by atoms with Gasteiger partial charge >= 0.3 is 0 Å². The van der Waals surface area contributed by atoms with Gasteiger partial charge in [0.1, 0.15) is 5.66 Å². The number of rotatable bonds is 3. The molecule has 124 valence electrons. The van der Waals surface area contributed by atoms with Gasteiger partial charge in [-0.05, 0) is 49.2 Å². The lowest BCUT2D eigenvalue weighted by Gasteiger charge is -2.39. The minimum Gasteiger partial charge on any atom is -0.331 e. The summed E-state index contributed by atoms with van der Waals surface area (Å²) < 4.78 is 0. The molecular formula is C18H20ClN5. The van der Waals surface area contributed by atoms with Gasteiger partial charge in [0.25, 0.3) is 0 Å². The van der Waals surface area contributed by atoms with Gasteiger partial charge in [-0.15, -0.1) is 0 Å². The van der Waals surface area contributed by atoms with Gasteiger partial charge in [-0.2, -0.15) is 0 Å². The largest absolute Gasteiger partial charge is 0.331 e. The summed E-state index contributed by atoms with van der Waals surface area (Å²) in [6.07, 6.45) is 1.76. The van der Waals surface area contributed by atoms with E-state index in [2.05, 4.69) is 20.6 Å². The molecule has 0 bridgehead atoms. The number of aromatic nitrogens is 1. The highest BCUT2D eigenvalue weighted by Gasteiger charge is 2.35. The van der Waals surface area contributed by atoms with E-state index in [-0.39, 0.29) is 0 Å². The number of nitrogens with zero attached hydrogens (tertiary/aromatic N) is 2. The Balaban J connectivity index is 1.90. The number of nitrogens with two attached hydrogens (primary N) is 1. The minimum atomic E-state index is -0.830. The molecule has 0 amide bonds. The van der Waals surface area contributed by atoms with Crippen LogP contribution in [-0.2, 0) is 12.2 Å². The van der Waals surface area contributed by atoms with Gasteiger partial charge in [0.15, 0.2) is 5.96 Å². The van der Waals surface area contributed by atoms with Crippen LogP contribution in [0.1, 0.15) is 25.1 Å². The van der Waals surface area contributed by atoms with E-state index in [1.54, 1.807) is 6.20 Å². The molecule has 1 aromatic heterocycles. The number of pyridine rings is 1. The molecule has 4 N–H and O–H groups in total. The molecule has 3 rings (SSSR count). The maximum atomic E-state index is 6.68. The van der Waals surface area contributed by atoms with E-state index in [9.17, 15) is 0 Å². The Kier molecular flexibility index (Phi) is 4.55. The molecule has 0 saturated carbocycles. The molecule has 0 aliphatic carbocycles. The predicted octanol–water partition coefficient (Wildman–Crippen LogP) is 2.89. The zero-order valence-corrected chi connectivity index (χ0v) is 14.4. The van der Waals surface area contributed by atoms with Gasteiger partial charge in [-0.25, -0.2) is 4.99 Å². The van der Waals surface area contributed by atoms with Crippen LogP contribution in [0.3, 0.4) is 0 Å². The third-order valence-corrected chi connectivity index (χ3v) is 4.45. The predicted molar refractivity (Wildman–Crippen MR) is 97.3 cm³/mol. The van der Waals surface area contributed by atoms with Crippen molar-refractivity contribution in [3.8, 4) is 0 Å². The fraction of sp³-hybridized carbons (Fsp3) is 0.222. The number of halogens is 1. The van der Waals surface area contributed by atoms with Crippen LogP contribution in [0.2, 0.25) is 5.02 Å². The maximum absolute atomic E-state index is 6.68. The standard InChI is InChI=1S/C18H20ClN5/c1-12-13(2)23-17(22-11-16-5-3-4-10-21-16)24-18(12,20)14-6-8-15(19)9-7-14/h3-10H,11,20H2,1-2H3,(H2,22,23,24). The summed E-state index contributed by atoms with van der Waals surface area (Å²) in [7, 11) is 0. The Morgan fingerprint density at radius 2 is 1.92 bits per heavy atom. The van der Waals surface area contributed by atoms with Gasteiger partial charge in [0.05, 0.1) is 12.2 Å². The Morgan fingerprint density at radius 1 is 1.17 bits per heavy atom. The molecule has 0 spiro atoms. The van der Waals surface area contributed by atoms with Crippen molar-refractivity contribution in [3.63, 3.8) is 0 Å². The molecule has 0 fully saturated rings. The van der Waals surface area contributed by atoms with E-state index in [0.717, 1.165) is 22.5 Å². The van der Waals surface area contributed by atoms with Crippen molar-refractivity contribution in [1.82, 2.24) is 15.6 Å². The monoisotopic (exact) mass is 341 g/mol. The van der Waals surface area contributed by atoms with Crippen molar-refractivity contribution in [3.05, 3.63) is 76.2 Å². The molecule has 0 saturated heterocycles. The molecule has 2 aromatic rings. The molecule has 1 atom stereocenters. The second-order valence-corrected chi connectivity index (χ2v) is 6.24. The maximum Gasteiger partial charge on any atom is 0.197 e. The number of allylic oxidation sites excluding steroid dienone is 1. The fourth-order valence-corrected chi connectivity index (χ4v) is 2.74. The molecular weight excluding hydrogens is 322 g/mol. The molecule has 0 radical (unpaired) electrons. The van der Waals surface area contributed by atoms with Crippen molar-refractivity contribution in [2.45, 2.75) is 26.1 Å². The van der Waals surface area contributed by atoms with Gasteiger partial charge in [-0.3, -0.25) is 4.98 Å². The first kappa shape index (κ1) is 16.5. The number of aliphatic imine (C=N–C) groups is 1. The Hall–Kier alpha value is -2.37. The SMILES string of the molecule is CC1=C(C)C(N)(c2ccc(Cl)cc2)NC(=NCc2ccccn2)N1. The number of benzene rings is 1. The van der Waals surface area contributed by atoms with Gasteiger partial charge in [0.2, 0.25) is 0 Å². The van der Waals surface area contributed by atoms with Crippen molar-refractivity contribution >= 4 is 17.6 Å². The number of hydrogen-bond acceptors (Lipinski definition) is 3. The second kappa shape index (κ2) is 6.63. The van der Waals surface area contributed by atoms with Crippen LogP contribution >= 0.6 is 11.6 Å². The summed E-state index contributed by atoms with van der Waals surface area (Å²) in [5.41, 5.74) is 9.65. The Morgan fingerprint density at radius 3 is 2.58 bits per heavy atom. The number of guanidine groups is 1. The van der Waals surface area contributed by atoms with Crippen molar-refractivity contribution < 1.29 is 0 Å². The normalized spacial score (nSPS) is 22.2. The van der Waals surface area contributed by atoms with Crippen LogP contribution in [-0.4, -0.2) is 10.9 Å². The van der Waals surface area contributed by atoms with Crippen LogP contribution < -0.4 is 16.4 Å². The first-order valence-electron chi connectivity index (χ1n) is 7.71. The molecule has 1 aliphatic heterocycles. The van der Waals surface area contributed by atoms with Crippen LogP contribution in [0.4, 0.5) is 0 Å². The highest BCUT2D eigenvalue weighted by Crippen LogP contribution is 2.29. The Labute approximate surface area is 146 Å². The van der Waals surface area contributed by atoms with E-state index in [1.807, 2.05) is 56.3 Å². The summed E-state index contributed by atoms with van der Waals surface area (Å²) in [6.45, 7) is 4.46. The zero-order chi connectivity index (χ0) is 17.2. The van der Waals surface area contributed by atoms with Crippen molar-refractivity contribution in [2.75, 3.05) is 0 Å². The molecule has 5 nitrogen and oxygen atoms in total. The summed E-state index contributed by atoms with van der Waals surface area (Å²) in [6, 6.07) is 13.3. The fourth-order valence-electron chi connectivity index (χ4n) is 2.61. The van der Waals surface area contributed by atoms with E-state index in [0.29, 0.717) is 17.5 Å². The quantitative estimate of drug-likeness (QED) is 0.802. The molecule has 2 heterocycles. The van der Waals surface area contributed by atoms with E-state index in [4.69, 9.17) is 17.3 Å². The average Bonchev–Trinajstić information content (AvgIpc) is 2.59. The first-order valence-corrected chi connectivity index (χ1v) is 8.09. The Bertz CT molecular complexity index is 783. The summed E-state index contributed by atoms with van der Waals surface area (Å²) in [5, 5.41) is 7.24. The first-order chi connectivity index (χ1) is 11.5. The highest BCUT2D eigenvalue weighted by atomic mass is 35.5. The highest BCUT2D eigenvalue weighted by molar-refractivity contribution is 6.30. The lowest BCUT2D eigenvalue weighted by Crippen LogP contribution is -2.61. The lowest BCUT2D eigenvalue weighted by atomic mass is 9.90. The minimum absolute atomic E-state index is 0.471. The van der Waals surface area contributed by atoms with E-state index < -0.39 is 5.66 Å². The van der Waals surface area contributed by atoms with Crippen molar-refractivity contribution in [2.24, 2.45) is 10.7 Å². The lowest BCUT2D eigenvalue weighted by molar-refractivity contribution is 0.457. The molecule has 1 aliphatic rings. The average molecular weight is 342 g/mol. The van der Waals surface area contributed by atoms with E-state index >= 15 is 0 Å². The van der Waals surface area contributed by atoms with Gasteiger partial charge < -0.3 is 16.4 Å². The third-order valence-electron chi connectivity index (χ3n) is 4.20. The topological polar surface area (TPSA) is 75.3 Å². The summed E-state index contributed by atoms with van der Waals surface area (Å²) >= 11 is 5.99. The molecule has 1 aromatic carbocycles. The van der Waals surface area contributed by atoms with Gasteiger partial charge in [-0.1, -0.05) is 29.8 Å².